The lowest BCUT2D eigenvalue weighted by molar-refractivity contribution is 0.0816. The lowest BCUT2D eigenvalue weighted by Gasteiger charge is -2.29. The van der Waals surface area contributed by atoms with E-state index in [-0.39, 0.29) is 6.73 Å². The second-order valence-electron chi connectivity index (χ2n) is 12.6. The summed E-state index contributed by atoms with van der Waals surface area (Å²) >= 11 is 0. The van der Waals surface area contributed by atoms with Gasteiger partial charge in [-0.15, -0.1) is 0 Å². The van der Waals surface area contributed by atoms with Crippen LogP contribution in [0.2, 0.25) is 25.7 Å². The standard InChI is InChI=1S/C32H38N4O4SSi/c1-22-8-7-14-32(3,19-22)41(38,39)36-15-13-25-26(11-9-23(2)29(25)36)30(37)31-34-27-18-24(20-33)10-12-28(27)35(31)21-40-16-17-42(4,5)6/h7-13,15,18-19,30,37H,14,16-17,21H2,1-6H3. The predicted molar refractivity (Wildman–Crippen MR) is 170 cm³/mol. The van der Waals surface area contributed by atoms with Crippen LogP contribution in [-0.2, 0) is 21.5 Å². The van der Waals surface area contributed by atoms with Gasteiger partial charge in [0.25, 0.3) is 0 Å². The van der Waals surface area contributed by atoms with Crippen LogP contribution in [-0.4, -0.2) is 46.5 Å². The number of hydrogen-bond acceptors (Lipinski definition) is 6. The van der Waals surface area contributed by atoms with Gasteiger partial charge in [-0.2, -0.15) is 5.26 Å². The Morgan fingerprint density at radius 3 is 2.64 bits per heavy atom. The van der Waals surface area contributed by atoms with Crippen LogP contribution in [0.15, 0.2) is 66.4 Å². The van der Waals surface area contributed by atoms with Crippen molar-refractivity contribution in [1.82, 2.24) is 13.5 Å². The van der Waals surface area contributed by atoms with Crippen molar-refractivity contribution in [1.29, 1.82) is 5.26 Å². The quantitative estimate of drug-likeness (QED) is 0.175. The predicted octanol–water partition coefficient (Wildman–Crippen LogP) is 6.41. The number of benzene rings is 2. The zero-order valence-corrected chi connectivity index (χ0v) is 26.9. The first-order chi connectivity index (χ1) is 19.8. The molecule has 0 saturated carbocycles. The summed E-state index contributed by atoms with van der Waals surface area (Å²) in [7, 11) is -5.13. The molecule has 0 bridgehead atoms. The van der Waals surface area contributed by atoms with Gasteiger partial charge in [0.1, 0.15) is 23.4 Å². The average molecular weight is 603 g/mol. The van der Waals surface area contributed by atoms with Gasteiger partial charge in [-0.1, -0.05) is 55.6 Å². The van der Waals surface area contributed by atoms with E-state index >= 15 is 0 Å². The highest BCUT2D eigenvalue weighted by Crippen LogP contribution is 2.37. The molecule has 5 rings (SSSR count). The van der Waals surface area contributed by atoms with Gasteiger partial charge in [-0.25, -0.2) is 17.4 Å². The molecule has 8 nitrogen and oxygen atoms in total. The molecule has 2 aromatic carbocycles. The summed E-state index contributed by atoms with van der Waals surface area (Å²) in [4.78, 5) is 4.75. The lowest BCUT2D eigenvalue weighted by Crippen LogP contribution is -2.38. The molecule has 0 radical (unpaired) electrons. The van der Waals surface area contributed by atoms with E-state index in [2.05, 4.69) is 25.7 Å². The number of nitrogens with zero attached hydrogens (tertiary/aromatic N) is 4. The number of rotatable bonds is 9. The Hall–Kier alpha value is -3.49. The van der Waals surface area contributed by atoms with E-state index in [1.807, 2.05) is 54.8 Å². The summed E-state index contributed by atoms with van der Waals surface area (Å²) in [6.45, 7) is 13.2. The topological polar surface area (TPSA) is 110 Å². The summed E-state index contributed by atoms with van der Waals surface area (Å²) in [5.74, 6) is 0.372. The molecule has 42 heavy (non-hydrogen) atoms. The van der Waals surface area contributed by atoms with Crippen LogP contribution in [0.25, 0.3) is 21.9 Å². The summed E-state index contributed by atoms with van der Waals surface area (Å²) in [5, 5.41) is 21.9. The minimum Gasteiger partial charge on any atom is -0.380 e. The third-order valence-electron chi connectivity index (χ3n) is 8.00. The molecular weight excluding hydrogens is 565 g/mol. The van der Waals surface area contributed by atoms with E-state index in [0.717, 1.165) is 22.7 Å². The van der Waals surface area contributed by atoms with Gasteiger partial charge in [0.05, 0.1) is 28.2 Å². The molecule has 0 amide bonds. The Morgan fingerprint density at radius 1 is 1.19 bits per heavy atom. The van der Waals surface area contributed by atoms with Crippen molar-refractivity contribution in [2.45, 2.75) is 70.5 Å². The third kappa shape index (κ3) is 5.38. The first-order valence-corrected chi connectivity index (χ1v) is 19.3. The van der Waals surface area contributed by atoms with E-state index in [4.69, 9.17) is 9.72 Å². The summed E-state index contributed by atoms with van der Waals surface area (Å²) in [6, 6.07) is 13.8. The molecule has 0 saturated heterocycles. The number of aliphatic hydroxyl groups is 1. The van der Waals surface area contributed by atoms with Gasteiger partial charge in [-0.05, 0) is 68.6 Å². The molecule has 220 valence electrons. The molecule has 2 heterocycles. The average Bonchev–Trinajstić information content (AvgIpc) is 3.53. The molecule has 1 aliphatic rings. The van der Waals surface area contributed by atoms with E-state index in [0.29, 0.717) is 46.4 Å². The van der Waals surface area contributed by atoms with Gasteiger partial charge in [0.15, 0.2) is 0 Å². The fourth-order valence-corrected chi connectivity index (χ4v) is 8.11. The van der Waals surface area contributed by atoms with E-state index in [1.165, 1.54) is 3.97 Å². The molecule has 2 atom stereocenters. The highest BCUT2D eigenvalue weighted by Gasteiger charge is 2.40. The molecule has 0 spiro atoms. The van der Waals surface area contributed by atoms with Gasteiger partial charge in [0, 0.05) is 26.3 Å². The number of imidazole rings is 1. The maximum Gasteiger partial charge on any atom is 0.248 e. The van der Waals surface area contributed by atoms with Crippen molar-refractivity contribution in [3.63, 3.8) is 0 Å². The van der Waals surface area contributed by atoms with E-state index < -0.39 is 28.9 Å². The monoisotopic (exact) mass is 602 g/mol. The number of fused-ring (bicyclic) bond motifs is 2. The fraction of sp³-hybridized carbons (Fsp3) is 0.375. The van der Waals surface area contributed by atoms with Crippen molar-refractivity contribution < 1.29 is 18.3 Å². The van der Waals surface area contributed by atoms with Crippen LogP contribution in [0.3, 0.4) is 0 Å². The van der Waals surface area contributed by atoms with Gasteiger partial charge >= 0.3 is 0 Å². The molecule has 0 fully saturated rings. The summed E-state index contributed by atoms with van der Waals surface area (Å²) in [5.41, 5.74) is 4.58. The minimum atomic E-state index is -3.83. The first kappa shape index (κ1) is 30.0. The number of hydrogen-bond donors (Lipinski definition) is 1. The Labute approximate surface area is 248 Å². The number of ether oxygens (including phenoxy) is 1. The normalized spacial score (nSPS) is 18.4. The van der Waals surface area contributed by atoms with Crippen LogP contribution >= 0.6 is 0 Å². The molecule has 4 aromatic rings. The number of aryl methyl sites for hydroxylation is 1. The van der Waals surface area contributed by atoms with Crippen LogP contribution in [0, 0.1) is 18.3 Å². The Morgan fingerprint density at radius 2 is 1.95 bits per heavy atom. The maximum atomic E-state index is 14.0. The fourth-order valence-electron chi connectivity index (χ4n) is 5.56. The molecule has 0 aliphatic heterocycles. The Kier molecular flexibility index (Phi) is 7.83. The van der Waals surface area contributed by atoms with Gasteiger partial charge in [-0.3, -0.25) is 0 Å². The second-order valence-corrected chi connectivity index (χ2v) is 20.5. The Balaban J connectivity index is 1.60. The number of aliphatic hydroxyl groups excluding tert-OH is 1. The zero-order chi connectivity index (χ0) is 30.4. The highest BCUT2D eigenvalue weighted by atomic mass is 32.2. The molecule has 1 aliphatic carbocycles. The lowest BCUT2D eigenvalue weighted by atomic mass is 9.98. The molecule has 2 unspecified atom stereocenters. The largest absolute Gasteiger partial charge is 0.380 e. The second kappa shape index (κ2) is 11.0. The number of aromatic nitrogens is 3. The number of nitriles is 1. The third-order valence-corrected chi connectivity index (χ3v) is 12.0. The van der Waals surface area contributed by atoms with Crippen LogP contribution in [0.4, 0.5) is 0 Å². The van der Waals surface area contributed by atoms with Crippen molar-refractivity contribution in [2.24, 2.45) is 0 Å². The van der Waals surface area contributed by atoms with Crippen molar-refractivity contribution in [2.75, 3.05) is 6.61 Å². The summed E-state index contributed by atoms with van der Waals surface area (Å²) < 4.78 is 36.3. The van der Waals surface area contributed by atoms with Gasteiger partial charge < -0.3 is 14.4 Å². The SMILES string of the molecule is CC1=CC(C)(S(=O)(=O)n2ccc3c(C(O)c4nc5cc(C#N)ccc5n4COCC[Si](C)(C)C)ccc(C)c32)CC=C1. The van der Waals surface area contributed by atoms with Crippen LogP contribution < -0.4 is 0 Å². The maximum absolute atomic E-state index is 14.0. The molecule has 1 N–H and O–H groups in total. The van der Waals surface area contributed by atoms with Crippen molar-refractivity contribution in [3.05, 3.63) is 88.9 Å². The molecular formula is C32H38N4O4SSi. The van der Waals surface area contributed by atoms with Crippen LogP contribution in [0.1, 0.15) is 48.9 Å². The number of allylic oxidation sites excluding steroid dienone is 3. The first-order valence-electron chi connectivity index (χ1n) is 14.1. The van der Waals surface area contributed by atoms with Crippen LogP contribution in [0.5, 0.6) is 0 Å². The highest BCUT2D eigenvalue weighted by molar-refractivity contribution is 7.91. The smallest absolute Gasteiger partial charge is 0.248 e. The van der Waals surface area contributed by atoms with Crippen molar-refractivity contribution in [3.8, 4) is 6.07 Å². The van der Waals surface area contributed by atoms with Gasteiger partial charge in [0.2, 0.25) is 10.0 Å². The molecule has 2 aromatic heterocycles. The van der Waals surface area contributed by atoms with E-state index in [1.54, 1.807) is 31.3 Å². The molecule has 10 heteroatoms. The summed E-state index contributed by atoms with van der Waals surface area (Å²) in [6.07, 6.45) is 6.43. The minimum absolute atomic E-state index is 0.196. The van der Waals surface area contributed by atoms with E-state index in [9.17, 15) is 18.8 Å². The Bertz CT molecular complexity index is 1890. The zero-order valence-electron chi connectivity index (χ0n) is 25.0. The van der Waals surface area contributed by atoms with Crippen molar-refractivity contribution >= 4 is 40.0 Å².